The van der Waals surface area contributed by atoms with Crippen LogP contribution in [0, 0.1) is 18.6 Å². The van der Waals surface area contributed by atoms with Gasteiger partial charge in [0.05, 0.1) is 0 Å². The number of ketones is 1. The molecule has 120 valence electrons. The van der Waals surface area contributed by atoms with Crippen LogP contribution in [0.5, 0.6) is 5.75 Å². The number of carbonyl (C=O) groups excluding carboxylic acids is 1. The average molecular weight is 324 g/mol. The van der Waals surface area contributed by atoms with E-state index in [0.717, 1.165) is 12.1 Å². The minimum atomic E-state index is -2.97. The van der Waals surface area contributed by atoms with E-state index in [-0.39, 0.29) is 22.4 Å². The van der Waals surface area contributed by atoms with E-state index < -0.39 is 24.0 Å². The highest BCUT2D eigenvalue weighted by Gasteiger charge is 2.16. The van der Waals surface area contributed by atoms with Gasteiger partial charge < -0.3 is 4.74 Å². The molecule has 0 aromatic heterocycles. The number of ether oxygens (including phenoxy) is 1. The van der Waals surface area contributed by atoms with Gasteiger partial charge in [-0.3, -0.25) is 4.79 Å². The Morgan fingerprint density at radius 2 is 1.65 bits per heavy atom. The third kappa shape index (κ3) is 3.97. The fourth-order valence-electron chi connectivity index (χ4n) is 2.05. The molecule has 0 radical (unpaired) electrons. The van der Waals surface area contributed by atoms with Gasteiger partial charge >= 0.3 is 6.61 Å². The van der Waals surface area contributed by atoms with Crippen molar-refractivity contribution in [1.82, 2.24) is 0 Å². The molecule has 0 fully saturated rings. The molecule has 0 aliphatic rings. The predicted molar refractivity (Wildman–Crippen MR) is 77.5 cm³/mol. The lowest BCUT2D eigenvalue weighted by atomic mass is 9.97. The standard InChI is InChI=1S/C17H12F4O2/c1-9-5-11(3-4-15(9)23-17(20)21)16(22)10(2)12-6-13(18)8-14(19)7-12/h3-8,17H,2H2,1H3. The van der Waals surface area contributed by atoms with E-state index in [1.807, 2.05) is 0 Å². The minimum absolute atomic E-state index is 0.0121. The molecule has 0 heterocycles. The molecule has 0 aliphatic carbocycles. The summed E-state index contributed by atoms with van der Waals surface area (Å²) in [4.78, 5) is 12.3. The van der Waals surface area contributed by atoms with Crippen LogP contribution in [-0.2, 0) is 0 Å². The van der Waals surface area contributed by atoms with Crippen molar-refractivity contribution in [2.24, 2.45) is 0 Å². The highest BCUT2D eigenvalue weighted by molar-refractivity contribution is 6.28. The molecule has 2 aromatic rings. The Kier molecular flexibility index (Phi) is 4.83. The van der Waals surface area contributed by atoms with Crippen LogP contribution >= 0.6 is 0 Å². The number of rotatable bonds is 5. The van der Waals surface area contributed by atoms with Gasteiger partial charge in [-0.25, -0.2) is 8.78 Å². The Bertz CT molecular complexity index is 749. The van der Waals surface area contributed by atoms with Crippen molar-refractivity contribution >= 4 is 11.4 Å². The van der Waals surface area contributed by atoms with Gasteiger partial charge in [0.2, 0.25) is 0 Å². The maximum Gasteiger partial charge on any atom is 0.387 e. The minimum Gasteiger partial charge on any atom is -0.435 e. The number of Topliss-reactive ketones (excluding diaryl/α,β-unsaturated/α-hetero) is 1. The number of aryl methyl sites for hydroxylation is 1. The molecule has 0 atom stereocenters. The Morgan fingerprint density at radius 1 is 1.04 bits per heavy atom. The summed E-state index contributed by atoms with van der Waals surface area (Å²) in [5.41, 5.74) is 0.386. The smallest absolute Gasteiger partial charge is 0.387 e. The van der Waals surface area contributed by atoms with Gasteiger partial charge in [0, 0.05) is 17.2 Å². The van der Waals surface area contributed by atoms with E-state index in [1.165, 1.54) is 25.1 Å². The van der Waals surface area contributed by atoms with Crippen LogP contribution in [0.4, 0.5) is 17.6 Å². The molecule has 23 heavy (non-hydrogen) atoms. The molecular formula is C17H12F4O2. The Morgan fingerprint density at radius 3 is 2.17 bits per heavy atom. The van der Waals surface area contributed by atoms with E-state index in [4.69, 9.17) is 0 Å². The maximum atomic E-state index is 13.2. The van der Waals surface area contributed by atoms with Gasteiger partial charge in [0.25, 0.3) is 0 Å². The molecule has 0 saturated carbocycles. The lowest BCUT2D eigenvalue weighted by Crippen LogP contribution is -2.06. The molecule has 0 aliphatic heterocycles. The predicted octanol–water partition coefficient (Wildman–Crippen LogP) is 4.77. The lowest BCUT2D eigenvalue weighted by Gasteiger charge is -2.10. The van der Waals surface area contributed by atoms with Gasteiger partial charge in [-0.05, 0) is 48.4 Å². The summed E-state index contributed by atoms with van der Waals surface area (Å²) >= 11 is 0. The van der Waals surface area contributed by atoms with E-state index in [0.29, 0.717) is 11.6 Å². The van der Waals surface area contributed by atoms with Crippen molar-refractivity contribution in [3.63, 3.8) is 0 Å². The summed E-state index contributed by atoms with van der Waals surface area (Å²) in [5.74, 6) is -2.28. The Hall–Kier alpha value is -2.63. The number of hydrogen-bond donors (Lipinski definition) is 0. The first kappa shape index (κ1) is 16.7. The molecule has 0 bridgehead atoms. The zero-order chi connectivity index (χ0) is 17.1. The number of carbonyl (C=O) groups is 1. The van der Waals surface area contributed by atoms with Gasteiger partial charge in [-0.1, -0.05) is 6.58 Å². The molecule has 2 nitrogen and oxygen atoms in total. The van der Waals surface area contributed by atoms with Crippen LogP contribution in [0.3, 0.4) is 0 Å². The average Bonchev–Trinajstić information content (AvgIpc) is 2.46. The summed E-state index contributed by atoms with van der Waals surface area (Å²) < 4.78 is 55.1. The second kappa shape index (κ2) is 6.64. The van der Waals surface area contributed by atoms with Crippen LogP contribution < -0.4 is 4.74 Å². The first-order valence-electron chi connectivity index (χ1n) is 6.53. The summed E-state index contributed by atoms with van der Waals surface area (Å²) in [7, 11) is 0. The quantitative estimate of drug-likeness (QED) is 0.450. The summed E-state index contributed by atoms with van der Waals surface area (Å²) in [5, 5.41) is 0. The second-order valence-corrected chi connectivity index (χ2v) is 4.82. The molecule has 2 rings (SSSR count). The van der Waals surface area contributed by atoms with Crippen LogP contribution in [0.2, 0.25) is 0 Å². The fourth-order valence-corrected chi connectivity index (χ4v) is 2.05. The van der Waals surface area contributed by atoms with E-state index in [2.05, 4.69) is 11.3 Å². The Balaban J connectivity index is 2.29. The first-order chi connectivity index (χ1) is 10.8. The molecule has 6 heteroatoms. The normalized spacial score (nSPS) is 10.7. The SMILES string of the molecule is C=C(C(=O)c1ccc(OC(F)F)c(C)c1)c1cc(F)cc(F)c1. The zero-order valence-corrected chi connectivity index (χ0v) is 12.1. The fraction of sp³-hybridized carbons (Fsp3) is 0.118. The van der Waals surface area contributed by atoms with E-state index in [9.17, 15) is 22.4 Å². The maximum absolute atomic E-state index is 13.2. The number of alkyl halides is 2. The van der Waals surface area contributed by atoms with Crippen LogP contribution in [0.25, 0.3) is 5.57 Å². The number of benzene rings is 2. The third-order valence-electron chi connectivity index (χ3n) is 3.14. The van der Waals surface area contributed by atoms with E-state index >= 15 is 0 Å². The topological polar surface area (TPSA) is 26.3 Å². The second-order valence-electron chi connectivity index (χ2n) is 4.82. The summed E-state index contributed by atoms with van der Waals surface area (Å²) in [6.07, 6.45) is 0. The third-order valence-corrected chi connectivity index (χ3v) is 3.14. The molecule has 2 aromatic carbocycles. The molecule has 0 unspecified atom stereocenters. The number of allylic oxidation sites excluding steroid dienone is 1. The zero-order valence-electron chi connectivity index (χ0n) is 12.1. The largest absolute Gasteiger partial charge is 0.435 e. The van der Waals surface area contributed by atoms with Gasteiger partial charge in [-0.2, -0.15) is 8.78 Å². The lowest BCUT2D eigenvalue weighted by molar-refractivity contribution is -0.0502. The van der Waals surface area contributed by atoms with Gasteiger partial charge in [0.15, 0.2) is 5.78 Å². The molecule has 0 spiro atoms. The number of halogens is 4. The monoisotopic (exact) mass is 324 g/mol. The Labute approximate surface area is 130 Å². The van der Waals surface area contributed by atoms with Gasteiger partial charge in [0.1, 0.15) is 17.4 Å². The van der Waals surface area contributed by atoms with Crippen molar-refractivity contribution in [2.45, 2.75) is 13.5 Å². The van der Waals surface area contributed by atoms with Crippen molar-refractivity contribution in [3.05, 3.63) is 71.3 Å². The number of hydrogen-bond acceptors (Lipinski definition) is 2. The summed E-state index contributed by atoms with van der Waals surface area (Å²) in [6, 6.07) is 6.53. The molecular weight excluding hydrogens is 312 g/mol. The van der Waals surface area contributed by atoms with Crippen molar-refractivity contribution < 1.29 is 27.1 Å². The van der Waals surface area contributed by atoms with Crippen molar-refractivity contribution in [2.75, 3.05) is 0 Å². The first-order valence-corrected chi connectivity index (χ1v) is 6.53. The van der Waals surface area contributed by atoms with Crippen LogP contribution in [0.15, 0.2) is 43.0 Å². The van der Waals surface area contributed by atoms with E-state index in [1.54, 1.807) is 0 Å². The van der Waals surface area contributed by atoms with Crippen molar-refractivity contribution in [1.29, 1.82) is 0 Å². The molecule has 0 amide bonds. The molecule has 0 N–H and O–H groups in total. The highest BCUT2D eigenvalue weighted by atomic mass is 19.3. The van der Waals surface area contributed by atoms with Crippen molar-refractivity contribution in [3.8, 4) is 5.75 Å². The van der Waals surface area contributed by atoms with Crippen LogP contribution in [0.1, 0.15) is 21.5 Å². The van der Waals surface area contributed by atoms with Crippen LogP contribution in [-0.4, -0.2) is 12.4 Å². The van der Waals surface area contributed by atoms with Gasteiger partial charge in [-0.15, -0.1) is 0 Å². The highest BCUT2D eigenvalue weighted by Crippen LogP contribution is 2.25. The molecule has 0 saturated heterocycles. The summed E-state index contributed by atoms with van der Waals surface area (Å²) in [6.45, 7) is 2.08.